The predicted octanol–water partition coefficient (Wildman–Crippen LogP) is 3.94. The second-order valence-electron chi connectivity index (χ2n) is 7.03. The second kappa shape index (κ2) is 8.34. The van der Waals surface area contributed by atoms with E-state index in [0.29, 0.717) is 12.0 Å². The molecule has 0 bridgehead atoms. The van der Waals surface area contributed by atoms with Crippen molar-refractivity contribution in [2.45, 2.75) is 58.7 Å². The van der Waals surface area contributed by atoms with Gasteiger partial charge in [-0.25, -0.2) is 4.98 Å². The first-order valence-corrected chi connectivity index (χ1v) is 9.15. The number of aryl methyl sites for hydroxylation is 1. The molecule has 0 aliphatic heterocycles. The number of hydrogen-bond donors (Lipinski definition) is 1. The van der Waals surface area contributed by atoms with Crippen LogP contribution >= 0.6 is 0 Å². The number of nitrogens with zero attached hydrogens (tertiary/aromatic N) is 2. The third kappa shape index (κ3) is 4.84. The molecule has 4 heteroatoms. The number of ether oxygens (including phenoxy) is 1. The van der Waals surface area contributed by atoms with Crippen LogP contribution in [-0.4, -0.2) is 22.2 Å². The number of benzene rings is 1. The van der Waals surface area contributed by atoms with Gasteiger partial charge in [0, 0.05) is 25.5 Å². The summed E-state index contributed by atoms with van der Waals surface area (Å²) >= 11 is 0. The standard InChI is InChI=1S/C20H29N3O/c1-16(15-23-11-10-22-17(23)2)13-21-14-18-6-5-9-20(12-18)24-19-7-3-4-8-19/h5-6,9-12,16,19,21H,3-4,7-8,13-15H2,1-2H3. The molecular formula is C20H29N3O. The molecule has 1 heterocycles. The maximum Gasteiger partial charge on any atom is 0.120 e. The van der Waals surface area contributed by atoms with Crippen LogP contribution in [0.4, 0.5) is 0 Å². The summed E-state index contributed by atoms with van der Waals surface area (Å²) in [6, 6.07) is 8.51. The molecule has 130 valence electrons. The van der Waals surface area contributed by atoms with Crippen LogP contribution in [0.1, 0.15) is 44.0 Å². The van der Waals surface area contributed by atoms with Crippen molar-refractivity contribution >= 4 is 0 Å². The minimum absolute atomic E-state index is 0.423. The Morgan fingerprint density at radius 1 is 1.33 bits per heavy atom. The van der Waals surface area contributed by atoms with Gasteiger partial charge in [-0.15, -0.1) is 0 Å². The highest BCUT2D eigenvalue weighted by atomic mass is 16.5. The van der Waals surface area contributed by atoms with E-state index >= 15 is 0 Å². The van der Waals surface area contributed by atoms with Crippen molar-refractivity contribution in [3.63, 3.8) is 0 Å². The van der Waals surface area contributed by atoms with Crippen molar-refractivity contribution in [1.29, 1.82) is 0 Å². The maximum atomic E-state index is 6.09. The van der Waals surface area contributed by atoms with Gasteiger partial charge in [0.1, 0.15) is 11.6 Å². The Morgan fingerprint density at radius 3 is 2.92 bits per heavy atom. The van der Waals surface area contributed by atoms with E-state index in [0.717, 1.165) is 31.2 Å². The zero-order valence-electron chi connectivity index (χ0n) is 14.9. The van der Waals surface area contributed by atoms with Crippen LogP contribution in [0.15, 0.2) is 36.7 Å². The largest absolute Gasteiger partial charge is 0.490 e. The van der Waals surface area contributed by atoms with Crippen molar-refractivity contribution in [3.05, 3.63) is 48.0 Å². The van der Waals surface area contributed by atoms with E-state index in [1.807, 2.05) is 6.20 Å². The van der Waals surface area contributed by atoms with Crippen LogP contribution < -0.4 is 10.1 Å². The van der Waals surface area contributed by atoms with Gasteiger partial charge in [-0.3, -0.25) is 0 Å². The Hall–Kier alpha value is -1.81. The van der Waals surface area contributed by atoms with Gasteiger partial charge in [-0.2, -0.15) is 0 Å². The molecule has 0 saturated heterocycles. The minimum atomic E-state index is 0.423. The molecule has 1 atom stereocenters. The van der Waals surface area contributed by atoms with Crippen LogP contribution in [0, 0.1) is 12.8 Å². The summed E-state index contributed by atoms with van der Waals surface area (Å²) in [6.07, 6.45) is 9.36. The van der Waals surface area contributed by atoms with Crippen molar-refractivity contribution in [1.82, 2.24) is 14.9 Å². The van der Waals surface area contributed by atoms with Gasteiger partial charge in [0.2, 0.25) is 0 Å². The van der Waals surface area contributed by atoms with Gasteiger partial charge in [0.05, 0.1) is 6.10 Å². The molecule has 1 aliphatic rings. The Balaban J connectivity index is 1.43. The SMILES string of the molecule is Cc1nccn1CC(C)CNCc1cccc(OC2CCCC2)c1. The van der Waals surface area contributed by atoms with E-state index in [1.54, 1.807) is 0 Å². The fourth-order valence-corrected chi connectivity index (χ4v) is 3.39. The van der Waals surface area contributed by atoms with Gasteiger partial charge in [-0.05, 0) is 62.8 Å². The van der Waals surface area contributed by atoms with E-state index in [-0.39, 0.29) is 0 Å². The molecule has 0 radical (unpaired) electrons. The van der Waals surface area contributed by atoms with E-state index in [2.05, 4.69) is 59.2 Å². The van der Waals surface area contributed by atoms with Gasteiger partial charge in [-0.1, -0.05) is 19.1 Å². The van der Waals surface area contributed by atoms with Crippen LogP contribution in [0.25, 0.3) is 0 Å². The lowest BCUT2D eigenvalue weighted by Crippen LogP contribution is -2.24. The van der Waals surface area contributed by atoms with Gasteiger partial charge >= 0.3 is 0 Å². The monoisotopic (exact) mass is 327 g/mol. The summed E-state index contributed by atoms with van der Waals surface area (Å²) in [7, 11) is 0. The Kier molecular flexibility index (Phi) is 5.91. The lowest BCUT2D eigenvalue weighted by atomic mass is 10.1. The zero-order chi connectivity index (χ0) is 16.8. The van der Waals surface area contributed by atoms with E-state index < -0.39 is 0 Å². The first kappa shape index (κ1) is 17.0. The Morgan fingerprint density at radius 2 is 2.17 bits per heavy atom. The highest BCUT2D eigenvalue weighted by Crippen LogP contribution is 2.24. The van der Waals surface area contributed by atoms with Crippen molar-refractivity contribution in [2.24, 2.45) is 5.92 Å². The number of aromatic nitrogens is 2. The Bertz CT molecular complexity index is 631. The summed E-state index contributed by atoms with van der Waals surface area (Å²) < 4.78 is 8.30. The third-order valence-corrected chi connectivity index (χ3v) is 4.76. The van der Waals surface area contributed by atoms with E-state index in [4.69, 9.17) is 4.74 Å². The number of imidazole rings is 1. The molecule has 2 aromatic rings. The molecule has 1 aromatic heterocycles. The molecule has 1 aromatic carbocycles. The smallest absolute Gasteiger partial charge is 0.120 e. The molecular weight excluding hydrogens is 298 g/mol. The van der Waals surface area contributed by atoms with Crippen LogP contribution in [0.5, 0.6) is 5.75 Å². The molecule has 24 heavy (non-hydrogen) atoms. The summed E-state index contributed by atoms with van der Waals surface area (Å²) in [5.41, 5.74) is 1.29. The fourth-order valence-electron chi connectivity index (χ4n) is 3.39. The molecule has 4 nitrogen and oxygen atoms in total. The number of rotatable bonds is 8. The molecule has 0 amide bonds. The molecule has 1 fully saturated rings. The van der Waals surface area contributed by atoms with Gasteiger partial charge < -0.3 is 14.6 Å². The summed E-state index contributed by atoms with van der Waals surface area (Å²) in [6.45, 7) is 7.20. The lowest BCUT2D eigenvalue weighted by Gasteiger charge is -2.16. The summed E-state index contributed by atoms with van der Waals surface area (Å²) in [5.74, 6) is 2.66. The molecule has 1 unspecified atom stereocenters. The van der Waals surface area contributed by atoms with Crippen LogP contribution in [0.3, 0.4) is 0 Å². The molecule has 1 N–H and O–H groups in total. The van der Waals surface area contributed by atoms with E-state index in [9.17, 15) is 0 Å². The van der Waals surface area contributed by atoms with Crippen molar-refractivity contribution in [3.8, 4) is 5.75 Å². The van der Waals surface area contributed by atoms with Crippen LogP contribution in [0.2, 0.25) is 0 Å². The number of hydrogen-bond acceptors (Lipinski definition) is 3. The second-order valence-corrected chi connectivity index (χ2v) is 7.03. The minimum Gasteiger partial charge on any atom is -0.490 e. The fraction of sp³-hybridized carbons (Fsp3) is 0.550. The topological polar surface area (TPSA) is 39.1 Å². The van der Waals surface area contributed by atoms with Crippen molar-refractivity contribution in [2.75, 3.05) is 6.54 Å². The third-order valence-electron chi connectivity index (χ3n) is 4.76. The highest BCUT2D eigenvalue weighted by molar-refractivity contribution is 5.28. The highest BCUT2D eigenvalue weighted by Gasteiger charge is 2.16. The van der Waals surface area contributed by atoms with Crippen LogP contribution in [-0.2, 0) is 13.1 Å². The first-order valence-electron chi connectivity index (χ1n) is 9.15. The molecule has 1 saturated carbocycles. The van der Waals surface area contributed by atoms with E-state index in [1.165, 1.54) is 31.2 Å². The molecule has 3 rings (SSSR count). The number of nitrogens with one attached hydrogen (secondary N) is 1. The van der Waals surface area contributed by atoms with Gasteiger partial charge in [0.15, 0.2) is 0 Å². The quantitative estimate of drug-likeness (QED) is 0.798. The Labute approximate surface area is 145 Å². The van der Waals surface area contributed by atoms with Crippen molar-refractivity contribution < 1.29 is 4.74 Å². The molecule has 0 spiro atoms. The summed E-state index contributed by atoms with van der Waals surface area (Å²) in [5, 5.41) is 3.56. The lowest BCUT2D eigenvalue weighted by molar-refractivity contribution is 0.210. The average Bonchev–Trinajstić information content (AvgIpc) is 3.20. The molecule has 1 aliphatic carbocycles. The maximum absolute atomic E-state index is 6.09. The predicted molar refractivity (Wildman–Crippen MR) is 97.2 cm³/mol. The normalized spacial score (nSPS) is 16.4. The zero-order valence-corrected chi connectivity index (χ0v) is 14.9. The van der Waals surface area contributed by atoms with Gasteiger partial charge in [0.25, 0.3) is 0 Å². The summed E-state index contributed by atoms with van der Waals surface area (Å²) in [4.78, 5) is 4.28. The first-order chi connectivity index (χ1) is 11.7. The average molecular weight is 327 g/mol.